The van der Waals surface area contributed by atoms with E-state index in [4.69, 9.17) is 0 Å². The van der Waals surface area contributed by atoms with Crippen LogP contribution in [0.3, 0.4) is 0 Å². The maximum absolute atomic E-state index is 11.9. The van der Waals surface area contributed by atoms with Gasteiger partial charge in [-0.3, -0.25) is 0 Å². The predicted octanol–water partition coefficient (Wildman–Crippen LogP) is 2.47. The molecule has 0 spiro atoms. The molecule has 0 saturated heterocycles. The predicted molar refractivity (Wildman–Crippen MR) is 30.5 cm³/mol. The second-order valence-electron chi connectivity index (χ2n) is 2.58. The second-order valence-corrected chi connectivity index (χ2v) is 8.66. The molecule has 0 saturated carbocycles. The van der Waals surface area contributed by atoms with Crippen molar-refractivity contribution >= 4 is 21.1 Å². The minimum absolute atomic E-state index is 5.78. The molecule has 0 aliphatic carbocycles. The van der Waals surface area contributed by atoms with Crippen molar-refractivity contribution in [2.75, 3.05) is 0 Å². The molecule has 0 aromatic carbocycles. The fraction of sp³-hybridized carbons (Fsp3) is 1.00. The summed E-state index contributed by atoms with van der Waals surface area (Å²) in [4.78, 5) is 0. The quantitative estimate of drug-likeness (QED) is 0.525. The van der Waals surface area contributed by atoms with Gasteiger partial charge in [-0.25, -0.2) is 0 Å². The molecule has 0 amide bonds. The van der Waals surface area contributed by atoms with Gasteiger partial charge in [0.2, 0.25) is 0 Å². The van der Waals surface area contributed by atoms with Crippen molar-refractivity contribution in [3.05, 3.63) is 0 Å². The van der Waals surface area contributed by atoms with Gasteiger partial charge in [0, 0.05) is 0 Å². The zero-order valence-electron chi connectivity index (χ0n) is 6.49. The van der Waals surface area contributed by atoms with Gasteiger partial charge in [0.05, 0.1) is 0 Å². The first-order chi connectivity index (χ1) is 6.21. The molecule has 0 atom stereocenters. The molecule has 0 unspecified atom stereocenters. The molecule has 0 nitrogen and oxygen atoms in total. The molecule has 0 aliphatic rings. The van der Waals surface area contributed by atoms with Gasteiger partial charge in [-0.05, 0) is 0 Å². The Labute approximate surface area is 85.8 Å². The van der Waals surface area contributed by atoms with Gasteiger partial charge in [0.25, 0.3) is 0 Å². The Hall–Kier alpha value is 0.0987. The third-order valence-electron chi connectivity index (χ3n) is 1.27. The number of halogens is 10. The van der Waals surface area contributed by atoms with Crippen molar-refractivity contribution in [2.24, 2.45) is 0 Å². The molecular weight excluding hydrogens is 357 g/mol. The second kappa shape index (κ2) is 3.84. The molecule has 0 fully saturated rings. The number of hydrogen-bond acceptors (Lipinski definition) is 0. The van der Waals surface area contributed by atoms with Crippen molar-refractivity contribution in [3.63, 3.8) is 0 Å². The molecule has 0 aliphatic heterocycles. The van der Waals surface area contributed by atoms with Crippen LogP contribution < -0.4 is 0 Å². The van der Waals surface area contributed by atoms with E-state index in [-0.39, 0.29) is 0 Å². The normalized spacial score (nSPS) is 15.6. The van der Waals surface area contributed by atoms with E-state index < -0.39 is 41.4 Å². The average Bonchev–Trinajstić information content (AvgIpc) is 1.77. The average molecular weight is 359 g/mol. The summed E-state index contributed by atoms with van der Waals surface area (Å²) >= 11 is -5.78. The van der Waals surface area contributed by atoms with Crippen molar-refractivity contribution in [3.8, 4) is 0 Å². The van der Waals surface area contributed by atoms with Crippen LogP contribution in [0.4, 0.5) is 43.9 Å². The van der Waals surface area contributed by atoms with Crippen LogP contribution in [0.1, 0.15) is 0 Å². The molecule has 0 aromatic heterocycles. The Bertz CT molecular complexity index is 199. The van der Waals surface area contributed by atoms with E-state index in [1.807, 2.05) is 0 Å². The number of alkyl halides is 10. The molecule has 0 rings (SSSR count). The van der Waals surface area contributed by atoms with Crippen molar-refractivity contribution in [2.45, 2.75) is 20.2 Å². The van der Waals surface area contributed by atoms with Crippen molar-refractivity contribution in [1.29, 1.82) is 0 Å². The van der Waals surface area contributed by atoms with E-state index in [9.17, 15) is 43.9 Å². The van der Waals surface area contributed by atoms with Crippen LogP contribution >= 0.6 is 0 Å². The van der Waals surface area contributed by atoms with Crippen LogP contribution in [-0.2, 0) is 0 Å². The molecule has 15 heavy (non-hydrogen) atoms. The standard InChI is InChI=1S/2C2F5.Sn.2H/c2*3-1(4)2(5,6)7;;;. The summed E-state index contributed by atoms with van der Waals surface area (Å²) in [5.41, 5.74) is 0. The summed E-state index contributed by atoms with van der Waals surface area (Å²) in [6.45, 7) is 0. The van der Waals surface area contributed by atoms with Crippen LogP contribution in [0.2, 0.25) is 0 Å². The number of hydrogen-bond donors (Lipinski definition) is 0. The Morgan fingerprint density at radius 1 is 0.467 bits per heavy atom. The molecule has 92 valence electrons. The summed E-state index contributed by atoms with van der Waals surface area (Å²) in [6, 6.07) is 0. The summed E-state index contributed by atoms with van der Waals surface area (Å²) < 4.78 is 104. The summed E-state index contributed by atoms with van der Waals surface area (Å²) in [5.74, 6) is 0. The summed E-state index contributed by atoms with van der Waals surface area (Å²) in [6.07, 6.45) is -12.7. The molecule has 0 radical (unpaired) electrons. The molecule has 11 heteroatoms. The Kier molecular flexibility index (Phi) is 3.87. The van der Waals surface area contributed by atoms with Gasteiger partial charge >= 0.3 is 85.3 Å². The van der Waals surface area contributed by atoms with Gasteiger partial charge in [-0.1, -0.05) is 0 Å². The first-order valence-corrected chi connectivity index (χ1v) is 7.13. The molecule has 0 N–H and O–H groups in total. The fourth-order valence-electron chi connectivity index (χ4n) is 0.479. The third-order valence-corrected chi connectivity index (χ3v) is 6.10. The van der Waals surface area contributed by atoms with Crippen LogP contribution in [0, 0.1) is 0 Å². The van der Waals surface area contributed by atoms with E-state index in [0.717, 1.165) is 0 Å². The van der Waals surface area contributed by atoms with Gasteiger partial charge in [0.15, 0.2) is 0 Å². The van der Waals surface area contributed by atoms with Crippen LogP contribution in [0.5, 0.6) is 0 Å². The third kappa shape index (κ3) is 3.55. The zero-order chi connectivity index (χ0) is 12.7. The maximum atomic E-state index is 11.9. The van der Waals surface area contributed by atoms with Crippen LogP contribution in [0.25, 0.3) is 0 Å². The van der Waals surface area contributed by atoms with Crippen molar-refractivity contribution in [1.82, 2.24) is 0 Å². The van der Waals surface area contributed by atoms with Crippen molar-refractivity contribution < 1.29 is 43.9 Å². The summed E-state index contributed by atoms with van der Waals surface area (Å²) in [5, 5.41) is 0. The Balaban J connectivity index is 4.89. The summed E-state index contributed by atoms with van der Waals surface area (Å²) in [7, 11) is 0. The van der Waals surface area contributed by atoms with Gasteiger partial charge in [-0.2, -0.15) is 0 Å². The topological polar surface area (TPSA) is 0 Å². The SMILES string of the molecule is FC(F)(F)[C](F)(F)[SnH2][C](F)(F)C(F)(F)F. The first-order valence-electron chi connectivity index (χ1n) is 3.10. The molecule has 0 bridgehead atoms. The molecular formula is C4H2F10Sn. The van der Waals surface area contributed by atoms with Gasteiger partial charge < -0.3 is 0 Å². The van der Waals surface area contributed by atoms with E-state index >= 15 is 0 Å². The monoisotopic (exact) mass is 360 g/mol. The van der Waals surface area contributed by atoms with Crippen LogP contribution in [-0.4, -0.2) is 41.4 Å². The van der Waals surface area contributed by atoms with Gasteiger partial charge in [-0.15, -0.1) is 0 Å². The van der Waals surface area contributed by atoms with E-state index in [0.29, 0.717) is 0 Å². The Morgan fingerprint density at radius 2 is 0.667 bits per heavy atom. The van der Waals surface area contributed by atoms with Crippen LogP contribution in [0.15, 0.2) is 0 Å². The van der Waals surface area contributed by atoms with E-state index in [1.165, 1.54) is 0 Å². The number of rotatable bonds is 2. The van der Waals surface area contributed by atoms with Gasteiger partial charge in [0.1, 0.15) is 0 Å². The molecule has 0 aromatic rings. The molecule has 0 heterocycles. The van der Waals surface area contributed by atoms with E-state index in [1.54, 1.807) is 0 Å². The fourth-order valence-corrected chi connectivity index (χ4v) is 3.22. The zero-order valence-corrected chi connectivity index (χ0v) is 10.5. The first kappa shape index (κ1) is 15.1. The Morgan fingerprint density at radius 3 is 0.800 bits per heavy atom. The van der Waals surface area contributed by atoms with E-state index in [2.05, 4.69) is 0 Å². The minimum atomic E-state index is -6.35.